The molecule has 1 aliphatic rings. The van der Waals surface area contributed by atoms with Gasteiger partial charge >= 0.3 is 5.97 Å². The van der Waals surface area contributed by atoms with Crippen LogP contribution in [0.4, 0.5) is 0 Å². The normalized spacial score (nSPS) is 14.5. The van der Waals surface area contributed by atoms with Crippen molar-refractivity contribution in [1.29, 1.82) is 5.26 Å². The Hall–Kier alpha value is -3.92. The minimum atomic E-state index is -0.816. The van der Waals surface area contributed by atoms with Gasteiger partial charge in [-0.1, -0.05) is 53.3 Å². The van der Waals surface area contributed by atoms with Crippen LogP contribution in [0.3, 0.4) is 0 Å². The van der Waals surface area contributed by atoms with Crippen molar-refractivity contribution in [2.45, 2.75) is 46.4 Å². The molecule has 0 saturated heterocycles. The molecular weight excluding hydrogens is 725 g/mol. The number of hydrogen-bond donors (Lipinski definition) is 0. The number of fused-ring (bicyclic) bond motifs is 1. The molecule has 3 aromatic carbocycles. The lowest BCUT2D eigenvalue weighted by Gasteiger charge is -2.26. The highest BCUT2D eigenvalue weighted by atomic mass is 127. The van der Waals surface area contributed by atoms with E-state index in [1.165, 1.54) is 15.9 Å². The van der Waals surface area contributed by atoms with Crippen molar-refractivity contribution in [2.75, 3.05) is 6.61 Å². The van der Waals surface area contributed by atoms with E-state index in [-0.39, 0.29) is 30.5 Å². The standard InChI is InChI=1S/C34H29ClIN3O5S/c1-5-42-33(41)29-20(4)38-34-39(30(29)25-8-6-7-9-27(25)44-19(2)3)32(40)28(45-34)15-23-14-24(35)16-26(36)31(23)43-18-22-12-10-21(17-37)11-13-22/h6-16,19,30H,5,18H2,1-4H3/b28-15-/t30-/m0/s1. The Balaban J connectivity index is 1.66. The third-order valence-electron chi connectivity index (χ3n) is 6.88. The summed E-state index contributed by atoms with van der Waals surface area (Å²) in [6, 6.07) is 19.4. The molecule has 11 heteroatoms. The minimum Gasteiger partial charge on any atom is -0.491 e. The number of halogens is 2. The molecule has 0 N–H and O–H groups in total. The van der Waals surface area contributed by atoms with E-state index in [4.69, 9.17) is 31.1 Å². The molecule has 0 radical (unpaired) electrons. The molecule has 230 valence electrons. The third-order valence-corrected chi connectivity index (χ3v) is 8.89. The van der Waals surface area contributed by atoms with Crippen LogP contribution in [0.2, 0.25) is 5.02 Å². The first-order valence-electron chi connectivity index (χ1n) is 14.2. The Labute approximate surface area is 283 Å². The summed E-state index contributed by atoms with van der Waals surface area (Å²) in [5.74, 6) is 0.581. The Morgan fingerprint density at radius 2 is 1.93 bits per heavy atom. The Kier molecular flexibility index (Phi) is 10.1. The number of nitriles is 1. The fourth-order valence-electron chi connectivity index (χ4n) is 4.97. The lowest BCUT2D eigenvalue weighted by atomic mass is 9.95. The molecule has 1 atom stereocenters. The van der Waals surface area contributed by atoms with Gasteiger partial charge in [0.1, 0.15) is 24.1 Å². The summed E-state index contributed by atoms with van der Waals surface area (Å²) in [6.45, 7) is 7.75. The summed E-state index contributed by atoms with van der Waals surface area (Å²) >= 11 is 9.83. The number of thiazole rings is 1. The summed E-state index contributed by atoms with van der Waals surface area (Å²) in [6.07, 6.45) is 1.61. The van der Waals surface area contributed by atoms with E-state index >= 15 is 0 Å². The summed E-state index contributed by atoms with van der Waals surface area (Å²) in [4.78, 5) is 32.7. The zero-order chi connectivity index (χ0) is 32.2. The number of para-hydroxylation sites is 1. The topological polar surface area (TPSA) is 103 Å². The predicted octanol–water partition coefficient (Wildman–Crippen LogP) is 6.29. The van der Waals surface area contributed by atoms with Gasteiger partial charge in [-0.25, -0.2) is 9.79 Å². The van der Waals surface area contributed by atoms with Gasteiger partial charge in [0.15, 0.2) is 4.80 Å². The molecule has 1 aliphatic heterocycles. The smallest absolute Gasteiger partial charge is 0.338 e. The van der Waals surface area contributed by atoms with Gasteiger partial charge in [0.2, 0.25) is 0 Å². The fraction of sp³-hybridized carbons (Fsp3) is 0.235. The quantitative estimate of drug-likeness (QED) is 0.147. The van der Waals surface area contributed by atoms with Crippen LogP contribution in [0.25, 0.3) is 6.08 Å². The average Bonchev–Trinajstić information content (AvgIpc) is 3.30. The molecule has 0 spiro atoms. The first kappa shape index (κ1) is 32.5. The Morgan fingerprint density at radius 3 is 2.62 bits per heavy atom. The van der Waals surface area contributed by atoms with Crippen LogP contribution in [0.5, 0.6) is 11.5 Å². The number of esters is 1. The largest absolute Gasteiger partial charge is 0.491 e. The molecule has 0 saturated carbocycles. The molecule has 0 bridgehead atoms. The van der Waals surface area contributed by atoms with Crippen molar-refractivity contribution in [3.8, 4) is 17.6 Å². The van der Waals surface area contributed by atoms with Crippen LogP contribution >= 0.6 is 45.5 Å². The predicted molar refractivity (Wildman–Crippen MR) is 182 cm³/mol. The lowest BCUT2D eigenvalue weighted by Crippen LogP contribution is -2.40. The van der Waals surface area contributed by atoms with Gasteiger partial charge in [-0.05, 0) is 92.3 Å². The third kappa shape index (κ3) is 7.01. The number of carbonyl (C=O) groups excluding carboxylic acids is 1. The summed E-state index contributed by atoms with van der Waals surface area (Å²) in [5.41, 5.74) is 3.13. The number of allylic oxidation sites excluding steroid dienone is 1. The number of hydrogen-bond acceptors (Lipinski definition) is 8. The maximum absolute atomic E-state index is 14.3. The minimum absolute atomic E-state index is 0.133. The van der Waals surface area contributed by atoms with Crippen molar-refractivity contribution in [3.63, 3.8) is 0 Å². The second kappa shape index (κ2) is 14.0. The zero-order valence-electron chi connectivity index (χ0n) is 25.0. The second-order valence-corrected chi connectivity index (χ2v) is 13.0. The Bertz CT molecular complexity index is 2030. The highest BCUT2D eigenvalue weighted by molar-refractivity contribution is 14.1. The van der Waals surface area contributed by atoms with Crippen LogP contribution in [-0.2, 0) is 16.1 Å². The van der Waals surface area contributed by atoms with Crippen molar-refractivity contribution >= 4 is 57.6 Å². The van der Waals surface area contributed by atoms with Crippen molar-refractivity contribution in [2.24, 2.45) is 4.99 Å². The SMILES string of the molecule is CCOC(=O)C1=C(C)N=c2s/c(=C\c3cc(Cl)cc(I)c3OCc3ccc(C#N)cc3)c(=O)n2[C@H]1c1ccccc1OC(C)C. The molecule has 5 rings (SSSR count). The first-order chi connectivity index (χ1) is 21.6. The van der Waals surface area contributed by atoms with Crippen LogP contribution in [-0.4, -0.2) is 23.2 Å². The van der Waals surface area contributed by atoms with E-state index in [0.717, 1.165) is 9.13 Å². The van der Waals surface area contributed by atoms with Gasteiger partial charge in [0.05, 0.1) is 43.7 Å². The fourth-order valence-corrected chi connectivity index (χ4v) is 7.22. The molecule has 45 heavy (non-hydrogen) atoms. The second-order valence-electron chi connectivity index (χ2n) is 10.4. The van der Waals surface area contributed by atoms with Gasteiger partial charge in [0.25, 0.3) is 5.56 Å². The lowest BCUT2D eigenvalue weighted by molar-refractivity contribution is -0.139. The van der Waals surface area contributed by atoms with Gasteiger partial charge in [-0.15, -0.1) is 0 Å². The van der Waals surface area contributed by atoms with Crippen molar-refractivity contribution < 1.29 is 19.0 Å². The molecule has 1 aromatic heterocycles. The molecule has 2 heterocycles. The van der Waals surface area contributed by atoms with Gasteiger partial charge < -0.3 is 14.2 Å². The zero-order valence-corrected chi connectivity index (χ0v) is 28.7. The summed E-state index contributed by atoms with van der Waals surface area (Å²) in [5, 5.41) is 9.59. The maximum Gasteiger partial charge on any atom is 0.338 e. The van der Waals surface area contributed by atoms with E-state index in [2.05, 4.69) is 33.7 Å². The number of aromatic nitrogens is 1. The molecule has 0 fully saturated rings. The van der Waals surface area contributed by atoms with E-state index in [0.29, 0.717) is 48.2 Å². The molecule has 0 aliphatic carbocycles. The number of benzene rings is 3. The monoisotopic (exact) mass is 753 g/mol. The van der Waals surface area contributed by atoms with Crippen LogP contribution in [0.15, 0.2) is 81.7 Å². The van der Waals surface area contributed by atoms with Crippen LogP contribution in [0, 0.1) is 14.9 Å². The van der Waals surface area contributed by atoms with Gasteiger partial charge in [-0.2, -0.15) is 5.26 Å². The maximum atomic E-state index is 14.3. The molecule has 0 unspecified atom stereocenters. The Morgan fingerprint density at radius 1 is 1.20 bits per heavy atom. The van der Waals surface area contributed by atoms with E-state index in [1.54, 1.807) is 44.2 Å². The molecular formula is C34H29ClIN3O5S. The summed E-state index contributed by atoms with van der Waals surface area (Å²) in [7, 11) is 0. The molecule has 8 nitrogen and oxygen atoms in total. The van der Waals surface area contributed by atoms with Gasteiger partial charge in [-0.3, -0.25) is 9.36 Å². The number of ether oxygens (including phenoxy) is 3. The van der Waals surface area contributed by atoms with Crippen molar-refractivity contribution in [1.82, 2.24) is 4.57 Å². The van der Waals surface area contributed by atoms with Crippen LogP contribution < -0.4 is 24.4 Å². The van der Waals surface area contributed by atoms with E-state index in [1.807, 2.05) is 50.2 Å². The highest BCUT2D eigenvalue weighted by Crippen LogP contribution is 2.36. The number of carbonyl (C=O) groups is 1. The number of nitrogens with zero attached hydrogens (tertiary/aromatic N) is 3. The van der Waals surface area contributed by atoms with E-state index < -0.39 is 12.0 Å². The highest BCUT2D eigenvalue weighted by Gasteiger charge is 2.35. The first-order valence-corrected chi connectivity index (χ1v) is 16.4. The molecule has 4 aromatic rings. The van der Waals surface area contributed by atoms with Crippen molar-refractivity contribution in [3.05, 3.63) is 122 Å². The average molecular weight is 754 g/mol. The molecule has 0 amide bonds. The van der Waals surface area contributed by atoms with Gasteiger partial charge in [0, 0.05) is 16.1 Å². The van der Waals surface area contributed by atoms with E-state index in [9.17, 15) is 9.59 Å². The number of rotatable bonds is 9. The van der Waals surface area contributed by atoms with Crippen LogP contribution in [0.1, 0.15) is 56.0 Å². The summed E-state index contributed by atoms with van der Waals surface area (Å²) < 4.78 is 20.5.